The van der Waals surface area contributed by atoms with E-state index < -0.39 is 0 Å². The Balaban J connectivity index is 2.05. The second kappa shape index (κ2) is 6.34. The number of halogens is 1. The van der Waals surface area contributed by atoms with E-state index in [0.717, 1.165) is 5.56 Å². The number of furan rings is 1. The molecule has 0 saturated carbocycles. The number of nitrogens with one attached hydrogen (secondary N) is 1. The Morgan fingerprint density at radius 2 is 2.20 bits per heavy atom. The van der Waals surface area contributed by atoms with Gasteiger partial charge in [0.15, 0.2) is 0 Å². The Labute approximate surface area is 117 Å². The molecule has 0 aliphatic heterocycles. The number of benzene rings is 1. The van der Waals surface area contributed by atoms with Crippen molar-refractivity contribution in [3.8, 4) is 0 Å². The Hall–Kier alpha value is -2.14. The molecule has 1 atom stereocenters. The fourth-order valence-corrected chi connectivity index (χ4v) is 2.00. The molecular weight excluding hydrogens is 259 g/mol. The smallest absolute Gasteiger partial charge is 0.254 e. The van der Waals surface area contributed by atoms with Crippen molar-refractivity contribution in [3.05, 3.63) is 59.8 Å². The van der Waals surface area contributed by atoms with E-state index in [-0.39, 0.29) is 17.8 Å². The second-order valence-corrected chi connectivity index (χ2v) is 4.76. The molecule has 4 nitrogen and oxygen atoms in total. The SMILES string of the molecule is CN(C)[C@H](CNC(=O)c1ccoc1)c1cccc(F)c1. The Morgan fingerprint density at radius 1 is 1.40 bits per heavy atom. The maximum atomic E-state index is 13.3. The number of carbonyl (C=O) groups excluding carboxylic acids is 1. The second-order valence-electron chi connectivity index (χ2n) is 4.76. The first-order valence-electron chi connectivity index (χ1n) is 6.30. The van der Waals surface area contributed by atoms with Gasteiger partial charge in [0, 0.05) is 6.54 Å². The molecule has 0 radical (unpaired) electrons. The molecule has 0 unspecified atom stereocenters. The zero-order valence-corrected chi connectivity index (χ0v) is 11.5. The lowest BCUT2D eigenvalue weighted by Gasteiger charge is -2.25. The van der Waals surface area contributed by atoms with Crippen molar-refractivity contribution >= 4 is 5.91 Å². The summed E-state index contributed by atoms with van der Waals surface area (Å²) < 4.78 is 18.2. The van der Waals surface area contributed by atoms with E-state index in [4.69, 9.17) is 4.42 Å². The van der Waals surface area contributed by atoms with Crippen LogP contribution < -0.4 is 5.32 Å². The minimum atomic E-state index is -0.282. The Morgan fingerprint density at radius 3 is 2.80 bits per heavy atom. The maximum Gasteiger partial charge on any atom is 0.254 e. The van der Waals surface area contributed by atoms with E-state index >= 15 is 0 Å². The first-order chi connectivity index (χ1) is 9.58. The van der Waals surface area contributed by atoms with E-state index in [1.807, 2.05) is 25.1 Å². The van der Waals surface area contributed by atoms with Gasteiger partial charge in [0.1, 0.15) is 12.1 Å². The average molecular weight is 276 g/mol. The maximum absolute atomic E-state index is 13.3. The van der Waals surface area contributed by atoms with Crippen LogP contribution >= 0.6 is 0 Å². The third-order valence-electron chi connectivity index (χ3n) is 3.10. The number of likely N-dealkylation sites (N-methyl/N-ethyl adjacent to an activating group) is 1. The number of carbonyl (C=O) groups is 1. The normalized spacial score (nSPS) is 12.4. The fraction of sp³-hybridized carbons (Fsp3) is 0.267. The van der Waals surface area contributed by atoms with Gasteiger partial charge in [0.25, 0.3) is 5.91 Å². The van der Waals surface area contributed by atoms with Gasteiger partial charge in [0.2, 0.25) is 0 Å². The number of hydrogen-bond donors (Lipinski definition) is 1. The molecule has 1 aromatic carbocycles. The van der Waals surface area contributed by atoms with Crippen molar-refractivity contribution in [2.75, 3.05) is 20.6 Å². The van der Waals surface area contributed by atoms with Gasteiger partial charge in [-0.25, -0.2) is 4.39 Å². The highest BCUT2D eigenvalue weighted by atomic mass is 19.1. The molecular formula is C15H17FN2O2. The Bertz CT molecular complexity index is 567. The van der Waals surface area contributed by atoms with E-state index in [1.54, 1.807) is 12.1 Å². The number of hydrogen-bond acceptors (Lipinski definition) is 3. The predicted octanol–water partition coefficient (Wildman–Crippen LogP) is 2.45. The highest BCUT2D eigenvalue weighted by molar-refractivity contribution is 5.93. The van der Waals surface area contributed by atoms with Crippen molar-refractivity contribution < 1.29 is 13.6 Å². The van der Waals surface area contributed by atoms with E-state index in [1.165, 1.54) is 24.7 Å². The van der Waals surface area contributed by atoms with Gasteiger partial charge in [-0.2, -0.15) is 0 Å². The molecule has 2 rings (SSSR count). The van der Waals surface area contributed by atoms with E-state index in [9.17, 15) is 9.18 Å². The number of nitrogens with zero attached hydrogens (tertiary/aromatic N) is 1. The molecule has 106 valence electrons. The molecule has 0 fully saturated rings. The molecule has 1 N–H and O–H groups in total. The molecule has 0 saturated heterocycles. The molecule has 0 spiro atoms. The van der Waals surface area contributed by atoms with Crippen LogP contribution in [-0.2, 0) is 0 Å². The first-order valence-corrected chi connectivity index (χ1v) is 6.30. The molecule has 1 amide bonds. The van der Waals surface area contributed by atoms with E-state index in [2.05, 4.69) is 5.32 Å². The van der Waals surface area contributed by atoms with Gasteiger partial charge in [-0.15, -0.1) is 0 Å². The van der Waals surface area contributed by atoms with Gasteiger partial charge in [-0.05, 0) is 37.9 Å². The third-order valence-corrected chi connectivity index (χ3v) is 3.10. The summed E-state index contributed by atoms with van der Waals surface area (Å²) in [5, 5.41) is 2.82. The first kappa shape index (κ1) is 14.3. The lowest BCUT2D eigenvalue weighted by Crippen LogP contribution is -2.34. The largest absolute Gasteiger partial charge is 0.472 e. The summed E-state index contributed by atoms with van der Waals surface area (Å²) in [5.74, 6) is -0.488. The van der Waals surface area contributed by atoms with Crippen LogP contribution in [0.5, 0.6) is 0 Å². The summed E-state index contributed by atoms with van der Waals surface area (Å²) in [7, 11) is 3.78. The van der Waals surface area contributed by atoms with Crippen molar-refractivity contribution in [1.29, 1.82) is 0 Å². The molecule has 1 heterocycles. The summed E-state index contributed by atoms with van der Waals surface area (Å²) >= 11 is 0. The molecule has 5 heteroatoms. The summed E-state index contributed by atoms with van der Waals surface area (Å²) in [6.45, 7) is 0.389. The standard InChI is InChI=1S/C15H17FN2O2/c1-18(2)14(11-4-3-5-13(16)8-11)9-17-15(19)12-6-7-20-10-12/h3-8,10,14H,9H2,1-2H3,(H,17,19)/t14-/m1/s1. The summed E-state index contributed by atoms with van der Waals surface area (Å²) in [6.07, 6.45) is 2.84. The average Bonchev–Trinajstić information content (AvgIpc) is 2.92. The lowest BCUT2D eigenvalue weighted by atomic mass is 10.1. The third kappa shape index (κ3) is 3.45. The van der Waals surface area contributed by atoms with Crippen molar-refractivity contribution in [1.82, 2.24) is 10.2 Å². The Kier molecular flexibility index (Phi) is 4.53. The summed E-state index contributed by atoms with van der Waals surface area (Å²) in [5.41, 5.74) is 1.30. The van der Waals surface area contributed by atoms with Gasteiger partial charge >= 0.3 is 0 Å². The van der Waals surface area contributed by atoms with Crippen LogP contribution in [0.25, 0.3) is 0 Å². The summed E-state index contributed by atoms with van der Waals surface area (Å²) in [6, 6.07) is 7.90. The van der Waals surface area contributed by atoms with Crippen LogP contribution in [0.15, 0.2) is 47.3 Å². The van der Waals surface area contributed by atoms with Gasteiger partial charge < -0.3 is 14.6 Å². The monoisotopic (exact) mass is 276 g/mol. The van der Waals surface area contributed by atoms with E-state index in [0.29, 0.717) is 12.1 Å². The van der Waals surface area contributed by atoms with Gasteiger partial charge in [0.05, 0.1) is 17.9 Å². The molecule has 1 aromatic heterocycles. The van der Waals surface area contributed by atoms with Crippen LogP contribution in [0.2, 0.25) is 0 Å². The highest BCUT2D eigenvalue weighted by Gasteiger charge is 2.16. The predicted molar refractivity (Wildman–Crippen MR) is 73.9 cm³/mol. The van der Waals surface area contributed by atoms with Crippen LogP contribution in [0.4, 0.5) is 4.39 Å². The lowest BCUT2D eigenvalue weighted by molar-refractivity contribution is 0.0941. The number of rotatable bonds is 5. The zero-order chi connectivity index (χ0) is 14.5. The molecule has 20 heavy (non-hydrogen) atoms. The van der Waals surface area contributed by atoms with Crippen LogP contribution in [0.3, 0.4) is 0 Å². The highest BCUT2D eigenvalue weighted by Crippen LogP contribution is 2.18. The minimum absolute atomic E-state index is 0.0958. The number of amides is 1. The fourth-order valence-electron chi connectivity index (χ4n) is 2.00. The summed E-state index contributed by atoms with van der Waals surface area (Å²) in [4.78, 5) is 13.8. The van der Waals surface area contributed by atoms with Gasteiger partial charge in [-0.3, -0.25) is 4.79 Å². The minimum Gasteiger partial charge on any atom is -0.472 e. The van der Waals surface area contributed by atoms with Crippen molar-refractivity contribution in [3.63, 3.8) is 0 Å². The molecule has 2 aromatic rings. The molecule has 0 aliphatic carbocycles. The quantitative estimate of drug-likeness (QED) is 0.912. The van der Waals surface area contributed by atoms with Crippen LogP contribution in [0.1, 0.15) is 22.0 Å². The van der Waals surface area contributed by atoms with Crippen molar-refractivity contribution in [2.45, 2.75) is 6.04 Å². The van der Waals surface area contributed by atoms with Crippen LogP contribution in [-0.4, -0.2) is 31.4 Å². The van der Waals surface area contributed by atoms with Gasteiger partial charge in [-0.1, -0.05) is 12.1 Å². The molecule has 0 aliphatic rings. The van der Waals surface area contributed by atoms with Crippen LogP contribution in [0, 0.1) is 5.82 Å². The molecule has 0 bridgehead atoms. The van der Waals surface area contributed by atoms with Crippen molar-refractivity contribution in [2.24, 2.45) is 0 Å². The topological polar surface area (TPSA) is 45.5 Å². The zero-order valence-electron chi connectivity index (χ0n) is 11.5.